The van der Waals surface area contributed by atoms with Gasteiger partial charge in [-0.25, -0.2) is 8.42 Å². The van der Waals surface area contributed by atoms with Crippen molar-refractivity contribution in [3.63, 3.8) is 0 Å². The number of hydrogen-bond acceptors (Lipinski definition) is 6. The molecule has 0 unspecified atom stereocenters. The van der Waals surface area contributed by atoms with E-state index in [-0.39, 0.29) is 17.6 Å². The molecular weight excluding hydrogens is 266 g/mol. The first-order chi connectivity index (χ1) is 8.87. The minimum Gasteiger partial charge on any atom is -0.383 e. The molecular formula is C11H13N5O2S. The van der Waals surface area contributed by atoms with Gasteiger partial charge in [0.1, 0.15) is 5.82 Å². The van der Waals surface area contributed by atoms with Crippen LogP contribution in [0.4, 0.5) is 17.6 Å². The third-order valence-corrected chi connectivity index (χ3v) is 2.86. The number of rotatable bonds is 3. The van der Waals surface area contributed by atoms with Crippen molar-refractivity contribution in [2.45, 2.75) is 0 Å². The van der Waals surface area contributed by atoms with Crippen LogP contribution in [0.25, 0.3) is 11.1 Å². The summed E-state index contributed by atoms with van der Waals surface area (Å²) in [5, 5.41) is 0. The van der Waals surface area contributed by atoms with Crippen molar-refractivity contribution < 1.29 is 8.42 Å². The normalized spacial score (nSPS) is 11.2. The molecule has 7 nitrogen and oxygen atoms in total. The van der Waals surface area contributed by atoms with E-state index in [1.54, 1.807) is 24.3 Å². The molecule has 0 amide bonds. The fraction of sp³-hybridized carbons (Fsp3) is 0.0909. The van der Waals surface area contributed by atoms with E-state index < -0.39 is 10.0 Å². The van der Waals surface area contributed by atoms with Crippen molar-refractivity contribution in [3.05, 3.63) is 30.3 Å². The van der Waals surface area contributed by atoms with Gasteiger partial charge in [0, 0.05) is 0 Å². The highest BCUT2D eigenvalue weighted by Gasteiger charge is 2.16. The number of nitrogens with two attached hydrogens (primary N) is 2. The molecule has 0 spiro atoms. The van der Waals surface area contributed by atoms with E-state index in [1.807, 2.05) is 6.07 Å². The Bertz CT molecular complexity index is 701. The summed E-state index contributed by atoms with van der Waals surface area (Å²) in [6.45, 7) is 0. The zero-order valence-corrected chi connectivity index (χ0v) is 11.0. The summed E-state index contributed by atoms with van der Waals surface area (Å²) in [4.78, 5) is 7.74. The lowest BCUT2D eigenvalue weighted by Crippen LogP contribution is -2.14. The average Bonchev–Trinajstić information content (AvgIpc) is 2.27. The van der Waals surface area contributed by atoms with Crippen LogP contribution in [0.1, 0.15) is 0 Å². The van der Waals surface area contributed by atoms with E-state index >= 15 is 0 Å². The fourth-order valence-corrected chi connectivity index (χ4v) is 2.13. The minimum absolute atomic E-state index is 0.0682. The quantitative estimate of drug-likeness (QED) is 0.759. The Kier molecular flexibility index (Phi) is 3.26. The first kappa shape index (κ1) is 13.1. The van der Waals surface area contributed by atoms with Crippen LogP contribution in [0.15, 0.2) is 30.3 Å². The molecule has 19 heavy (non-hydrogen) atoms. The summed E-state index contributed by atoms with van der Waals surface area (Å²) in [6, 6.07) is 8.99. The molecule has 1 heterocycles. The highest BCUT2D eigenvalue weighted by atomic mass is 32.2. The molecule has 1 aromatic carbocycles. The Morgan fingerprint density at radius 1 is 1.11 bits per heavy atom. The van der Waals surface area contributed by atoms with Gasteiger partial charge in [0.2, 0.25) is 16.0 Å². The Hall–Kier alpha value is -2.35. The predicted octanol–water partition coefficient (Wildman–Crippen LogP) is 0.680. The van der Waals surface area contributed by atoms with Crippen LogP contribution in [0.3, 0.4) is 0 Å². The van der Waals surface area contributed by atoms with E-state index in [2.05, 4.69) is 14.7 Å². The van der Waals surface area contributed by atoms with Crippen LogP contribution < -0.4 is 16.2 Å². The number of anilines is 3. The van der Waals surface area contributed by atoms with Crippen LogP contribution in [-0.4, -0.2) is 24.6 Å². The van der Waals surface area contributed by atoms with Crippen LogP contribution in [0, 0.1) is 0 Å². The van der Waals surface area contributed by atoms with Crippen molar-refractivity contribution in [2.75, 3.05) is 22.4 Å². The topological polar surface area (TPSA) is 124 Å². The summed E-state index contributed by atoms with van der Waals surface area (Å²) in [6.07, 6.45) is 1.02. The summed E-state index contributed by atoms with van der Waals surface area (Å²) in [5.74, 6) is 0.0897. The molecule has 0 bridgehead atoms. The summed E-state index contributed by atoms with van der Waals surface area (Å²) < 4.78 is 25.0. The maximum Gasteiger partial charge on any atom is 0.230 e. The lowest BCUT2D eigenvalue weighted by molar-refractivity contribution is 0.606. The van der Waals surface area contributed by atoms with E-state index in [1.165, 1.54) is 0 Å². The van der Waals surface area contributed by atoms with Gasteiger partial charge in [-0.1, -0.05) is 30.3 Å². The van der Waals surface area contributed by atoms with Crippen LogP contribution in [0.5, 0.6) is 0 Å². The Labute approximate surface area is 110 Å². The second kappa shape index (κ2) is 4.73. The molecule has 0 aliphatic heterocycles. The van der Waals surface area contributed by atoms with Gasteiger partial charge < -0.3 is 11.5 Å². The summed E-state index contributed by atoms with van der Waals surface area (Å²) in [5.41, 5.74) is 12.4. The molecule has 100 valence electrons. The monoisotopic (exact) mass is 279 g/mol. The number of hydrogen-bond donors (Lipinski definition) is 3. The second-order valence-electron chi connectivity index (χ2n) is 3.93. The highest BCUT2D eigenvalue weighted by Crippen LogP contribution is 2.31. The van der Waals surface area contributed by atoms with E-state index in [0.29, 0.717) is 11.1 Å². The van der Waals surface area contributed by atoms with Gasteiger partial charge in [0.25, 0.3) is 0 Å². The first-order valence-electron chi connectivity index (χ1n) is 5.33. The van der Waals surface area contributed by atoms with Gasteiger partial charge in [-0.15, -0.1) is 0 Å². The Balaban J connectivity index is 2.65. The molecule has 0 saturated heterocycles. The largest absolute Gasteiger partial charge is 0.383 e. The number of benzene rings is 1. The van der Waals surface area contributed by atoms with Crippen LogP contribution in [0.2, 0.25) is 0 Å². The first-order valence-corrected chi connectivity index (χ1v) is 7.22. The smallest absolute Gasteiger partial charge is 0.230 e. The molecule has 0 aliphatic rings. The van der Waals surface area contributed by atoms with Crippen molar-refractivity contribution in [3.8, 4) is 11.1 Å². The number of sulfonamides is 1. The number of nitrogen functional groups attached to an aromatic ring is 2. The van der Waals surface area contributed by atoms with Gasteiger partial charge in [-0.2, -0.15) is 9.97 Å². The molecule has 2 aromatic rings. The molecule has 1 aromatic heterocycles. The predicted molar refractivity (Wildman–Crippen MR) is 74.8 cm³/mol. The molecule has 0 saturated carbocycles. The number of nitrogens with zero attached hydrogens (tertiary/aromatic N) is 2. The van der Waals surface area contributed by atoms with Gasteiger partial charge in [-0.3, -0.25) is 4.72 Å². The maximum atomic E-state index is 11.4. The van der Waals surface area contributed by atoms with Gasteiger partial charge in [0.05, 0.1) is 11.8 Å². The highest BCUT2D eigenvalue weighted by molar-refractivity contribution is 7.92. The van der Waals surface area contributed by atoms with Gasteiger partial charge in [0.15, 0.2) is 5.82 Å². The molecule has 0 radical (unpaired) electrons. The standard InChI is InChI=1S/C11H13N5O2S/c1-19(17,18)16-10-8(7-5-3-2-4-6-7)9(12)14-11(13)15-10/h2-6H,1H3,(H5,12,13,14,15,16). The van der Waals surface area contributed by atoms with Crippen molar-refractivity contribution in [2.24, 2.45) is 0 Å². The summed E-state index contributed by atoms with van der Waals surface area (Å²) >= 11 is 0. The zero-order valence-electron chi connectivity index (χ0n) is 10.2. The van der Waals surface area contributed by atoms with E-state index in [4.69, 9.17) is 11.5 Å². The minimum atomic E-state index is -3.49. The molecule has 0 atom stereocenters. The molecule has 0 fully saturated rings. The van der Waals surface area contributed by atoms with E-state index in [9.17, 15) is 8.42 Å². The molecule has 2 rings (SSSR count). The maximum absolute atomic E-state index is 11.4. The van der Waals surface area contributed by atoms with Crippen LogP contribution in [-0.2, 0) is 10.0 Å². The third-order valence-electron chi connectivity index (χ3n) is 2.30. The SMILES string of the molecule is CS(=O)(=O)Nc1nc(N)nc(N)c1-c1ccccc1. The van der Waals surface area contributed by atoms with Crippen molar-refractivity contribution >= 4 is 27.6 Å². The van der Waals surface area contributed by atoms with Crippen LogP contribution >= 0.6 is 0 Å². The lowest BCUT2D eigenvalue weighted by atomic mass is 10.1. The van der Waals surface area contributed by atoms with Crippen molar-refractivity contribution in [1.29, 1.82) is 0 Å². The fourth-order valence-electron chi connectivity index (χ4n) is 1.63. The number of nitrogens with one attached hydrogen (secondary N) is 1. The molecule has 0 aliphatic carbocycles. The second-order valence-corrected chi connectivity index (χ2v) is 5.68. The van der Waals surface area contributed by atoms with Crippen molar-refractivity contribution in [1.82, 2.24) is 9.97 Å². The number of aromatic nitrogens is 2. The average molecular weight is 279 g/mol. The Morgan fingerprint density at radius 3 is 2.32 bits per heavy atom. The molecule has 8 heteroatoms. The summed E-state index contributed by atoms with van der Waals surface area (Å²) in [7, 11) is -3.49. The lowest BCUT2D eigenvalue weighted by Gasteiger charge is -2.12. The van der Waals surface area contributed by atoms with Gasteiger partial charge >= 0.3 is 0 Å². The molecule has 5 N–H and O–H groups in total. The third kappa shape index (κ3) is 3.10. The Morgan fingerprint density at radius 2 is 1.74 bits per heavy atom. The van der Waals surface area contributed by atoms with Gasteiger partial charge in [-0.05, 0) is 5.56 Å². The van der Waals surface area contributed by atoms with E-state index in [0.717, 1.165) is 6.26 Å². The zero-order chi connectivity index (χ0) is 14.0.